The van der Waals surface area contributed by atoms with Gasteiger partial charge >= 0.3 is 5.97 Å². The number of carbonyl (C=O) groups is 1. The van der Waals surface area contributed by atoms with Crippen LogP contribution in [0.5, 0.6) is 0 Å². The van der Waals surface area contributed by atoms with E-state index < -0.39 is 11.6 Å². The predicted molar refractivity (Wildman–Crippen MR) is 99.6 cm³/mol. The van der Waals surface area contributed by atoms with E-state index in [9.17, 15) is 9.90 Å². The zero-order chi connectivity index (χ0) is 17.6. The van der Waals surface area contributed by atoms with E-state index in [1.54, 1.807) is 13.0 Å². The van der Waals surface area contributed by atoms with Crippen LogP contribution < -0.4 is 0 Å². The Morgan fingerprint density at radius 3 is 2.42 bits per heavy atom. The van der Waals surface area contributed by atoms with Gasteiger partial charge in [0.1, 0.15) is 0 Å². The Bertz CT molecular complexity index is 685. The van der Waals surface area contributed by atoms with Gasteiger partial charge < -0.3 is 9.84 Å². The van der Waals surface area contributed by atoms with E-state index in [0.717, 1.165) is 24.0 Å². The topological polar surface area (TPSA) is 46.5 Å². The fourth-order valence-electron chi connectivity index (χ4n) is 2.69. The summed E-state index contributed by atoms with van der Waals surface area (Å²) < 4.78 is 5.82. The molecule has 0 aliphatic rings. The van der Waals surface area contributed by atoms with Crippen LogP contribution in [0.3, 0.4) is 0 Å². The lowest BCUT2D eigenvalue weighted by Crippen LogP contribution is -2.37. The summed E-state index contributed by atoms with van der Waals surface area (Å²) in [5.41, 5.74) is 1.03. The minimum Gasteiger partial charge on any atom is -0.464 e. The molecule has 0 aliphatic heterocycles. The van der Waals surface area contributed by atoms with E-state index in [2.05, 4.69) is 15.9 Å². The van der Waals surface area contributed by atoms with Crippen LogP contribution in [0.25, 0.3) is 11.1 Å². The van der Waals surface area contributed by atoms with Crippen molar-refractivity contribution < 1.29 is 14.6 Å². The Balaban J connectivity index is 2.41. The van der Waals surface area contributed by atoms with E-state index in [1.165, 1.54) is 0 Å². The molecule has 0 amide bonds. The Kier molecular flexibility index (Phi) is 6.58. The van der Waals surface area contributed by atoms with E-state index in [4.69, 9.17) is 4.74 Å². The van der Waals surface area contributed by atoms with Crippen LogP contribution in [0, 0.1) is 0 Å². The van der Waals surface area contributed by atoms with Crippen molar-refractivity contribution >= 4 is 21.9 Å². The first-order valence-electron chi connectivity index (χ1n) is 8.28. The van der Waals surface area contributed by atoms with Crippen molar-refractivity contribution in [3.05, 3.63) is 58.6 Å². The van der Waals surface area contributed by atoms with Crippen LogP contribution in [0.1, 0.15) is 38.7 Å². The Morgan fingerprint density at radius 2 is 1.83 bits per heavy atom. The molecule has 0 saturated carbocycles. The van der Waals surface area contributed by atoms with Crippen LogP contribution >= 0.6 is 15.9 Å². The second kappa shape index (κ2) is 8.45. The van der Waals surface area contributed by atoms with Gasteiger partial charge in [0.05, 0.1) is 6.61 Å². The summed E-state index contributed by atoms with van der Waals surface area (Å²) in [6.07, 6.45) is 1.97. The minimum absolute atomic E-state index is 0.243. The fraction of sp³-hybridized carbons (Fsp3) is 0.350. The Hall–Kier alpha value is -1.65. The summed E-state index contributed by atoms with van der Waals surface area (Å²) in [5.74, 6) is -0.591. The van der Waals surface area contributed by atoms with Gasteiger partial charge in [0, 0.05) is 10.0 Å². The number of unbranched alkanes of at least 4 members (excludes halogenated alkanes) is 1. The lowest BCUT2D eigenvalue weighted by atomic mass is 9.87. The van der Waals surface area contributed by atoms with Crippen molar-refractivity contribution in [2.75, 3.05) is 6.61 Å². The largest absolute Gasteiger partial charge is 0.464 e. The Labute approximate surface area is 151 Å². The first-order chi connectivity index (χ1) is 11.5. The van der Waals surface area contributed by atoms with Crippen molar-refractivity contribution in [3.8, 4) is 11.1 Å². The van der Waals surface area contributed by atoms with Crippen molar-refractivity contribution in [1.29, 1.82) is 0 Å². The molecule has 0 spiro atoms. The average Bonchev–Trinajstić information content (AvgIpc) is 2.60. The summed E-state index contributed by atoms with van der Waals surface area (Å²) in [5, 5.41) is 11.1. The van der Waals surface area contributed by atoms with Gasteiger partial charge in [0.25, 0.3) is 0 Å². The van der Waals surface area contributed by atoms with Gasteiger partial charge in [0.15, 0.2) is 5.60 Å². The van der Waals surface area contributed by atoms with Crippen LogP contribution in [0.2, 0.25) is 0 Å². The molecule has 0 aliphatic carbocycles. The number of ether oxygens (including phenoxy) is 1. The van der Waals surface area contributed by atoms with E-state index in [-0.39, 0.29) is 6.61 Å². The molecule has 0 radical (unpaired) electrons. The Morgan fingerprint density at radius 1 is 1.12 bits per heavy atom. The molecular formula is C20H23BrO3. The van der Waals surface area contributed by atoms with Crippen molar-refractivity contribution in [2.24, 2.45) is 0 Å². The lowest BCUT2D eigenvalue weighted by molar-refractivity contribution is -0.167. The summed E-state index contributed by atoms with van der Waals surface area (Å²) >= 11 is 3.52. The van der Waals surface area contributed by atoms with E-state index >= 15 is 0 Å². The standard InChI is InChI=1S/C20H23BrO3/c1-3-5-13-20(23,19(22)24-4-2)17-12-11-16(14-18(17)21)15-9-7-6-8-10-15/h6-12,14,23H,3-5,13H2,1-2H3. The highest BCUT2D eigenvalue weighted by molar-refractivity contribution is 9.10. The number of halogens is 1. The van der Waals surface area contributed by atoms with Gasteiger partial charge in [-0.2, -0.15) is 0 Å². The third-order valence-electron chi connectivity index (χ3n) is 4.03. The second-order valence-corrected chi connectivity index (χ2v) is 6.60. The number of aliphatic hydroxyl groups is 1. The first-order valence-corrected chi connectivity index (χ1v) is 9.07. The molecule has 0 saturated heterocycles. The molecule has 0 aromatic heterocycles. The third kappa shape index (κ3) is 4.05. The van der Waals surface area contributed by atoms with Crippen LogP contribution in [0.15, 0.2) is 53.0 Å². The van der Waals surface area contributed by atoms with Gasteiger partial charge in [0.2, 0.25) is 0 Å². The maximum Gasteiger partial charge on any atom is 0.342 e. The molecule has 2 rings (SSSR count). The molecule has 128 valence electrons. The highest BCUT2D eigenvalue weighted by Gasteiger charge is 2.40. The number of hydrogen-bond acceptors (Lipinski definition) is 3. The molecule has 1 atom stereocenters. The average molecular weight is 391 g/mol. The molecule has 2 aromatic carbocycles. The number of carbonyl (C=O) groups excluding carboxylic acids is 1. The van der Waals surface area contributed by atoms with Crippen molar-refractivity contribution in [3.63, 3.8) is 0 Å². The SMILES string of the molecule is CCCCC(O)(C(=O)OCC)c1ccc(-c2ccccc2)cc1Br. The number of hydrogen-bond donors (Lipinski definition) is 1. The quantitative estimate of drug-likeness (QED) is 0.672. The molecule has 4 heteroatoms. The van der Waals surface area contributed by atoms with Crippen molar-refractivity contribution in [2.45, 2.75) is 38.7 Å². The summed E-state index contributed by atoms with van der Waals surface area (Å²) in [4.78, 5) is 12.4. The third-order valence-corrected chi connectivity index (χ3v) is 4.68. The first kappa shape index (κ1) is 18.7. The minimum atomic E-state index is -1.62. The highest BCUT2D eigenvalue weighted by Crippen LogP contribution is 2.36. The molecule has 2 aromatic rings. The number of esters is 1. The molecular weight excluding hydrogens is 368 g/mol. The molecule has 3 nitrogen and oxygen atoms in total. The van der Waals surface area contributed by atoms with Gasteiger partial charge in [-0.25, -0.2) is 4.79 Å². The smallest absolute Gasteiger partial charge is 0.342 e. The normalized spacial score (nSPS) is 13.3. The molecule has 1 N–H and O–H groups in total. The molecule has 1 unspecified atom stereocenters. The summed E-state index contributed by atoms with van der Waals surface area (Å²) in [7, 11) is 0. The highest BCUT2D eigenvalue weighted by atomic mass is 79.9. The zero-order valence-electron chi connectivity index (χ0n) is 14.1. The van der Waals surface area contributed by atoms with Crippen LogP contribution in [-0.4, -0.2) is 17.7 Å². The fourth-order valence-corrected chi connectivity index (χ4v) is 3.40. The van der Waals surface area contributed by atoms with E-state index in [0.29, 0.717) is 16.5 Å². The van der Waals surface area contributed by atoms with Gasteiger partial charge in [-0.15, -0.1) is 0 Å². The predicted octanol–water partition coefficient (Wildman–Crippen LogP) is 5.06. The maximum absolute atomic E-state index is 12.4. The maximum atomic E-state index is 12.4. The number of benzene rings is 2. The molecule has 24 heavy (non-hydrogen) atoms. The monoisotopic (exact) mass is 390 g/mol. The van der Waals surface area contributed by atoms with E-state index in [1.807, 2.05) is 49.4 Å². The van der Waals surface area contributed by atoms with Gasteiger partial charge in [-0.05, 0) is 37.0 Å². The van der Waals surface area contributed by atoms with Gasteiger partial charge in [-0.1, -0.05) is 71.7 Å². The van der Waals surface area contributed by atoms with Gasteiger partial charge in [-0.3, -0.25) is 0 Å². The van der Waals surface area contributed by atoms with Crippen LogP contribution in [0.4, 0.5) is 0 Å². The second-order valence-electron chi connectivity index (χ2n) is 5.74. The molecule has 0 fully saturated rings. The zero-order valence-corrected chi connectivity index (χ0v) is 15.7. The molecule has 0 heterocycles. The van der Waals surface area contributed by atoms with Crippen LogP contribution in [-0.2, 0) is 15.1 Å². The lowest BCUT2D eigenvalue weighted by Gasteiger charge is -2.27. The number of rotatable bonds is 7. The molecule has 0 bridgehead atoms. The van der Waals surface area contributed by atoms with Crippen molar-refractivity contribution in [1.82, 2.24) is 0 Å². The summed E-state index contributed by atoms with van der Waals surface area (Å²) in [6.45, 7) is 4.01. The summed E-state index contributed by atoms with van der Waals surface area (Å²) in [6, 6.07) is 15.6.